The van der Waals surface area contributed by atoms with Gasteiger partial charge in [0, 0.05) is 47.7 Å². The molecule has 3 aromatic heterocycles. The SMILES string of the molecule is Cn1cc(C(=O)N2CCc3ccsc3C2Cc2cccc(Cl)n2)c2ccccc21. The molecule has 1 atom stereocenters. The van der Waals surface area contributed by atoms with Gasteiger partial charge < -0.3 is 9.47 Å². The summed E-state index contributed by atoms with van der Waals surface area (Å²) in [6.45, 7) is 0.705. The number of carbonyl (C=O) groups excluding carboxylic acids is 1. The second-order valence-corrected chi connectivity index (χ2v) is 8.74. The fourth-order valence-electron chi connectivity index (χ4n) is 4.26. The summed E-state index contributed by atoms with van der Waals surface area (Å²) in [6, 6.07) is 15.9. The first-order chi connectivity index (χ1) is 14.1. The average Bonchev–Trinajstić information content (AvgIpc) is 3.33. The van der Waals surface area contributed by atoms with Gasteiger partial charge in [0.1, 0.15) is 5.15 Å². The molecule has 4 aromatic rings. The van der Waals surface area contributed by atoms with Crippen LogP contribution in [-0.2, 0) is 19.9 Å². The van der Waals surface area contributed by atoms with Crippen LogP contribution in [0.15, 0.2) is 60.1 Å². The molecule has 6 heteroatoms. The number of amides is 1. The van der Waals surface area contributed by atoms with E-state index in [0.717, 1.165) is 28.6 Å². The number of thiophene rings is 1. The fraction of sp³-hybridized carbons (Fsp3) is 0.217. The lowest BCUT2D eigenvalue weighted by Crippen LogP contribution is -2.40. The molecule has 4 heterocycles. The van der Waals surface area contributed by atoms with E-state index in [1.165, 1.54) is 10.4 Å². The number of para-hydroxylation sites is 1. The number of benzene rings is 1. The molecule has 4 nitrogen and oxygen atoms in total. The largest absolute Gasteiger partial charge is 0.350 e. The first-order valence-corrected chi connectivity index (χ1v) is 10.9. The van der Waals surface area contributed by atoms with Crippen LogP contribution in [0.4, 0.5) is 0 Å². The van der Waals surface area contributed by atoms with Gasteiger partial charge in [0.15, 0.2) is 0 Å². The Morgan fingerprint density at radius 3 is 2.93 bits per heavy atom. The van der Waals surface area contributed by atoms with Gasteiger partial charge in [-0.15, -0.1) is 11.3 Å². The van der Waals surface area contributed by atoms with E-state index in [2.05, 4.69) is 16.4 Å². The van der Waals surface area contributed by atoms with E-state index in [4.69, 9.17) is 11.6 Å². The minimum absolute atomic E-state index is 0.0313. The Morgan fingerprint density at radius 2 is 2.07 bits per heavy atom. The number of pyridine rings is 1. The molecule has 0 N–H and O–H groups in total. The molecule has 1 aromatic carbocycles. The Balaban J connectivity index is 1.56. The molecule has 1 aliphatic heterocycles. The maximum absolute atomic E-state index is 13.7. The molecular formula is C23H20ClN3OS. The van der Waals surface area contributed by atoms with Crippen molar-refractivity contribution in [2.45, 2.75) is 18.9 Å². The highest BCUT2D eigenvalue weighted by Gasteiger charge is 2.33. The molecule has 146 valence electrons. The molecule has 0 fully saturated rings. The predicted octanol–water partition coefficient (Wildman–Crippen LogP) is 5.27. The van der Waals surface area contributed by atoms with Gasteiger partial charge >= 0.3 is 0 Å². The zero-order valence-electron chi connectivity index (χ0n) is 16.0. The highest BCUT2D eigenvalue weighted by atomic mass is 35.5. The second-order valence-electron chi connectivity index (χ2n) is 7.40. The third kappa shape index (κ3) is 3.24. The highest BCUT2D eigenvalue weighted by molar-refractivity contribution is 7.10. The number of hydrogen-bond acceptors (Lipinski definition) is 3. The highest BCUT2D eigenvalue weighted by Crippen LogP contribution is 2.37. The average molecular weight is 422 g/mol. The van der Waals surface area contributed by atoms with Crippen LogP contribution in [0.5, 0.6) is 0 Å². The van der Waals surface area contributed by atoms with Gasteiger partial charge in [-0.05, 0) is 41.6 Å². The normalized spacial score (nSPS) is 16.2. The lowest BCUT2D eigenvalue weighted by Gasteiger charge is -2.35. The molecule has 0 aliphatic carbocycles. The molecule has 0 spiro atoms. The number of nitrogens with zero attached hydrogens (tertiary/aromatic N) is 3. The van der Waals surface area contributed by atoms with Crippen LogP contribution in [0.2, 0.25) is 5.15 Å². The van der Waals surface area contributed by atoms with Crippen LogP contribution >= 0.6 is 22.9 Å². The smallest absolute Gasteiger partial charge is 0.256 e. The monoisotopic (exact) mass is 421 g/mol. The summed E-state index contributed by atoms with van der Waals surface area (Å²) in [6.07, 6.45) is 3.49. The first kappa shape index (κ1) is 18.4. The lowest BCUT2D eigenvalue weighted by molar-refractivity contribution is 0.0665. The Kier molecular flexibility index (Phi) is 4.64. The molecule has 0 radical (unpaired) electrons. The van der Waals surface area contributed by atoms with E-state index in [0.29, 0.717) is 18.1 Å². The van der Waals surface area contributed by atoms with E-state index in [-0.39, 0.29) is 11.9 Å². The number of hydrogen-bond donors (Lipinski definition) is 0. The summed E-state index contributed by atoms with van der Waals surface area (Å²) >= 11 is 7.84. The van der Waals surface area contributed by atoms with Crippen LogP contribution in [0.25, 0.3) is 10.9 Å². The number of aryl methyl sites for hydroxylation is 1. The van der Waals surface area contributed by atoms with Gasteiger partial charge in [-0.1, -0.05) is 35.9 Å². The number of fused-ring (bicyclic) bond motifs is 2. The van der Waals surface area contributed by atoms with Crippen molar-refractivity contribution in [2.75, 3.05) is 6.54 Å². The van der Waals surface area contributed by atoms with E-state index in [9.17, 15) is 4.79 Å². The van der Waals surface area contributed by atoms with Gasteiger partial charge in [-0.3, -0.25) is 4.79 Å². The molecular weight excluding hydrogens is 402 g/mol. The zero-order chi connectivity index (χ0) is 20.0. The third-order valence-electron chi connectivity index (χ3n) is 5.65. The van der Waals surface area contributed by atoms with E-state index >= 15 is 0 Å². The molecule has 0 saturated heterocycles. The van der Waals surface area contributed by atoms with Gasteiger partial charge in [-0.25, -0.2) is 4.98 Å². The maximum Gasteiger partial charge on any atom is 0.256 e. The molecule has 1 amide bonds. The van der Waals surface area contributed by atoms with Gasteiger partial charge in [0.25, 0.3) is 5.91 Å². The quantitative estimate of drug-likeness (QED) is 0.422. The predicted molar refractivity (Wildman–Crippen MR) is 118 cm³/mol. The first-order valence-electron chi connectivity index (χ1n) is 9.64. The third-order valence-corrected chi connectivity index (χ3v) is 6.92. The van der Waals surface area contributed by atoms with Crippen LogP contribution in [0.1, 0.15) is 32.5 Å². The van der Waals surface area contributed by atoms with Crippen molar-refractivity contribution in [3.8, 4) is 0 Å². The summed E-state index contributed by atoms with van der Waals surface area (Å²) in [4.78, 5) is 21.4. The summed E-state index contributed by atoms with van der Waals surface area (Å²) in [5, 5.41) is 3.60. The Hall–Kier alpha value is -2.63. The van der Waals surface area contributed by atoms with Crippen LogP contribution in [0, 0.1) is 0 Å². The summed E-state index contributed by atoms with van der Waals surface area (Å²) in [5.41, 5.74) is 4.06. The van der Waals surface area contributed by atoms with Crippen molar-refractivity contribution in [1.29, 1.82) is 0 Å². The molecule has 1 unspecified atom stereocenters. The minimum Gasteiger partial charge on any atom is -0.350 e. The summed E-state index contributed by atoms with van der Waals surface area (Å²) in [5.74, 6) is 0.0767. The fourth-order valence-corrected chi connectivity index (χ4v) is 5.51. The number of rotatable bonds is 3. The maximum atomic E-state index is 13.7. The second kappa shape index (κ2) is 7.32. The van der Waals surface area contributed by atoms with Gasteiger partial charge in [0.05, 0.1) is 11.6 Å². The van der Waals surface area contributed by atoms with E-state index < -0.39 is 0 Å². The Labute approximate surface area is 178 Å². The minimum atomic E-state index is -0.0313. The molecule has 0 saturated carbocycles. The van der Waals surface area contributed by atoms with Crippen molar-refractivity contribution >= 4 is 39.7 Å². The van der Waals surface area contributed by atoms with E-state index in [1.807, 2.05) is 59.1 Å². The standard InChI is InChI=1S/C23H20ClN3OS/c1-26-14-18(17-6-2-3-7-19(17)26)23(28)27-11-9-15-10-12-29-22(15)20(27)13-16-5-4-8-21(24)25-16/h2-8,10,12,14,20H,9,11,13H2,1H3. The summed E-state index contributed by atoms with van der Waals surface area (Å²) in [7, 11) is 1.99. The van der Waals surface area contributed by atoms with E-state index in [1.54, 1.807) is 17.4 Å². The van der Waals surface area contributed by atoms with Gasteiger partial charge in [-0.2, -0.15) is 0 Å². The molecule has 0 bridgehead atoms. The number of carbonyl (C=O) groups is 1. The topological polar surface area (TPSA) is 38.1 Å². The van der Waals surface area contributed by atoms with Crippen molar-refractivity contribution in [2.24, 2.45) is 7.05 Å². The number of halogens is 1. The van der Waals surface area contributed by atoms with Crippen molar-refractivity contribution in [1.82, 2.24) is 14.5 Å². The molecule has 1 aliphatic rings. The number of aromatic nitrogens is 2. The van der Waals surface area contributed by atoms with Crippen LogP contribution in [-0.4, -0.2) is 26.9 Å². The zero-order valence-corrected chi connectivity index (χ0v) is 17.6. The molecule has 29 heavy (non-hydrogen) atoms. The van der Waals surface area contributed by atoms with Gasteiger partial charge in [0.2, 0.25) is 0 Å². The van der Waals surface area contributed by atoms with Crippen molar-refractivity contribution in [3.63, 3.8) is 0 Å². The molecule has 5 rings (SSSR count). The van der Waals surface area contributed by atoms with Crippen LogP contribution in [0.3, 0.4) is 0 Å². The Bertz CT molecular complexity index is 1210. The van der Waals surface area contributed by atoms with Crippen molar-refractivity contribution < 1.29 is 4.79 Å². The summed E-state index contributed by atoms with van der Waals surface area (Å²) < 4.78 is 2.02. The van der Waals surface area contributed by atoms with Crippen molar-refractivity contribution in [3.05, 3.63) is 87.0 Å². The Morgan fingerprint density at radius 1 is 1.21 bits per heavy atom. The lowest BCUT2D eigenvalue weighted by atomic mass is 9.96. The van der Waals surface area contributed by atoms with Crippen LogP contribution < -0.4 is 0 Å².